The number of hydrogen-bond acceptors (Lipinski definition) is 9. The van der Waals surface area contributed by atoms with Crippen LogP contribution >= 0.6 is 10.3 Å². The van der Waals surface area contributed by atoms with Crippen molar-refractivity contribution in [3.63, 3.8) is 0 Å². The molecule has 0 unspecified atom stereocenters. The van der Waals surface area contributed by atoms with Crippen LogP contribution in [0.3, 0.4) is 0 Å². The number of halogens is 3. The average Bonchev–Trinajstić information content (AvgIpc) is 2.97. The van der Waals surface area contributed by atoms with E-state index in [1.807, 2.05) is 0 Å². The molecule has 0 heterocycles. The smallest absolute Gasteiger partial charge is 0.494 e. The lowest BCUT2D eigenvalue weighted by atomic mass is 10.3. The minimum absolute atomic E-state index is 0.0121. The van der Waals surface area contributed by atoms with Gasteiger partial charge in [-0.05, 0) is 64.0 Å². The van der Waals surface area contributed by atoms with E-state index in [2.05, 4.69) is 0 Å². The third-order valence-corrected chi connectivity index (χ3v) is 10.9. The molecule has 14 heteroatoms. The standard InChI is InChI=1S/C31H39F3O9S2/c1-7-37-22-18-25(39-9-3)29(26(19-22)40-10-4)44(24-16-14-13-15-17-24,43-45(35,36)31(32,33)34)30-27(41-11-5)20-23(38-8-2)21-28(30)42-12-6/h13-21H,7-12H2,1-6H3. The topological polar surface area (TPSA) is 98.8 Å². The minimum atomic E-state index is -6.32. The van der Waals surface area contributed by atoms with Gasteiger partial charge in [0, 0.05) is 29.2 Å². The molecule has 0 radical (unpaired) electrons. The van der Waals surface area contributed by atoms with Gasteiger partial charge in [-0.2, -0.15) is 25.2 Å². The molecular weight excluding hydrogens is 637 g/mol. The van der Waals surface area contributed by atoms with Gasteiger partial charge >= 0.3 is 15.6 Å². The molecule has 0 atom stereocenters. The van der Waals surface area contributed by atoms with Crippen LogP contribution in [0, 0.1) is 0 Å². The molecule has 250 valence electrons. The zero-order chi connectivity index (χ0) is 33.3. The molecule has 0 aromatic heterocycles. The highest BCUT2D eigenvalue weighted by Gasteiger charge is 2.55. The van der Waals surface area contributed by atoms with Crippen LogP contribution in [0.15, 0.2) is 69.3 Å². The third-order valence-electron chi connectivity index (χ3n) is 5.94. The summed E-state index contributed by atoms with van der Waals surface area (Å²) in [5, 5.41) is 0. The number of benzene rings is 3. The molecule has 0 fully saturated rings. The first-order valence-corrected chi connectivity index (χ1v) is 17.4. The Balaban J connectivity index is 2.77. The lowest BCUT2D eigenvalue weighted by molar-refractivity contribution is -0.0496. The predicted molar refractivity (Wildman–Crippen MR) is 165 cm³/mol. The van der Waals surface area contributed by atoms with Crippen molar-refractivity contribution in [2.24, 2.45) is 0 Å². The first-order valence-electron chi connectivity index (χ1n) is 14.5. The van der Waals surface area contributed by atoms with E-state index < -0.39 is 25.9 Å². The summed E-state index contributed by atoms with van der Waals surface area (Å²) in [5.74, 6) is 0.525. The van der Waals surface area contributed by atoms with Gasteiger partial charge in [-0.1, -0.05) is 18.2 Å². The Hall–Kier alpha value is -3.49. The maximum atomic E-state index is 14.4. The van der Waals surface area contributed by atoms with Gasteiger partial charge in [0.05, 0.1) is 39.6 Å². The summed E-state index contributed by atoms with van der Waals surface area (Å²) < 4.78 is 111. The molecule has 0 aliphatic heterocycles. The Morgan fingerprint density at radius 1 is 0.556 bits per heavy atom. The van der Waals surface area contributed by atoms with E-state index >= 15 is 0 Å². The van der Waals surface area contributed by atoms with Crippen molar-refractivity contribution in [1.29, 1.82) is 0 Å². The van der Waals surface area contributed by atoms with E-state index in [9.17, 15) is 21.6 Å². The lowest BCUT2D eigenvalue weighted by Gasteiger charge is -2.42. The van der Waals surface area contributed by atoms with E-state index in [1.165, 1.54) is 36.4 Å². The maximum Gasteiger partial charge on any atom is 0.524 e. The van der Waals surface area contributed by atoms with Crippen molar-refractivity contribution < 1.29 is 53.6 Å². The van der Waals surface area contributed by atoms with Crippen LogP contribution in [0.2, 0.25) is 0 Å². The molecule has 0 amide bonds. The van der Waals surface area contributed by atoms with E-state index in [4.69, 9.17) is 32.1 Å². The Bertz CT molecular complexity index is 1390. The molecule has 0 spiro atoms. The van der Waals surface area contributed by atoms with Crippen molar-refractivity contribution >= 4 is 20.4 Å². The molecule has 0 saturated heterocycles. The summed E-state index contributed by atoms with van der Waals surface area (Å²) in [6.07, 6.45) is 0. The van der Waals surface area contributed by atoms with Gasteiger partial charge in [0.1, 0.15) is 44.3 Å². The quantitative estimate of drug-likeness (QED) is 0.131. The zero-order valence-electron chi connectivity index (χ0n) is 26.1. The Morgan fingerprint density at radius 3 is 1.18 bits per heavy atom. The Morgan fingerprint density at radius 2 is 0.889 bits per heavy atom. The summed E-state index contributed by atoms with van der Waals surface area (Å²) in [7, 11) is -10.4. The van der Waals surface area contributed by atoms with Crippen LogP contribution in [-0.4, -0.2) is 53.6 Å². The van der Waals surface area contributed by atoms with Crippen LogP contribution in [0.1, 0.15) is 41.5 Å². The number of rotatable bonds is 17. The summed E-state index contributed by atoms with van der Waals surface area (Å²) in [6, 6.07) is 13.6. The Kier molecular flexibility index (Phi) is 12.5. The van der Waals surface area contributed by atoms with Gasteiger partial charge in [0.25, 0.3) is 0 Å². The highest BCUT2D eigenvalue weighted by Crippen LogP contribution is 2.78. The third kappa shape index (κ3) is 7.85. The van der Waals surface area contributed by atoms with Crippen LogP contribution < -0.4 is 28.4 Å². The summed E-state index contributed by atoms with van der Waals surface area (Å²) in [6.45, 7) is 11.0. The Labute approximate surface area is 264 Å². The van der Waals surface area contributed by atoms with Gasteiger partial charge in [-0.3, -0.25) is 0 Å². The normalized spacial score (nSPS) is 12.4. The molecule has 0 aliphatic rings. The van der Waals surface area contributed by atoms with Crippen molar-refractivity contribution in [3.05, 3.63) is 54.6 Å². The molecule has 0 bridgehead atoms. The van der Waals surface area contributed by atoms with Crippen molar-refractivity contribution in [2.75, 3.05) is 39.6 Å². The SMILES string of the molecule is CCOc1cc(OCC)c(S(OS(=O)(=O)C(F)(F)F)(c2ccccc2)c2c(OCC)cc(OCC)cc2OCC)c(OCC)c1. The number of alkyl halides is 3. The highest BCUT2D eigenvalue weighted by molar-refractivity contribution is 8.33. The molecule has 0 saturated carbocycles. The van der Waals surface area contributed by atoms with E-state index in [1.54, 1.807) is 59.7 Å². The van der Waals surface area contributed by atoms with Gasteiger partial charge in [-0.25, -0.2) is 0 Å². The molecule has 9 nitrogen and oxygen atoms in total. The summed E-state index contributed by atoms with van der Waals surface area (Å²) >= 11 is 0. The van der Waals surface area contributed by atoms with Gasteiger partial charge in [-0.15, -0.1) is 0 Å². The first kappa shape index (κ1) is 36.0. The molecule has 0 aliphatic carbocycles. The summed E-state index contributed by atoms with van der Waals surface area (Å²) in [4.78, 5) is -0.130. The van der Waals surface area contributed by atoms with E-state index in [0.29, 0.717) is 0 Å². The summed E-state index contributed by atoms with van der Waals surface area (Å²) in [5.41, 5.74) is -5.80. The molecule has 3 rings (SSSR count). The maximum absolute atomic E-state index is 14.4. The molecule has 45 heavy (non-hydrogen) atoms. The second-order valence-electron chi connectivity index (χ2n) is 8.93. The van der Waals surface area contributed by atoms with Crippen molar-refractivity contribution in [3.8, 4) is 34.5 Å². The van der Waals surface area contributed by atoms with Crippen molar-refractivity contribution in [1.82, 2.24) is 0 Å². The fourth-order valence-electron chi connectivity index (χ4n) is 4.45. The number of hydrogen-bond donors (Lipinski definition) is 0. The van der Waals surface area contributed by atoms with Crippen LogP contribution in [0.4, 0.5) is 13.2 Å². The van der Waals surface area contributed by atoms with Gasteiger partial charge in [0.2, 0.25) is 0 Å². The predicted octanol–water partition coefficient (Wildman–Crippen LogP) is 8.14. The fraction of sp³-hybridized carbons (Fsp3) is 0.419. The monoisotopic (exact) mass is 676 g/mol. The van der Waals surface area contributed by atoms with Crippen LogP contribution in [0.25, 0.3) is 0 Å². The van der Waals surface area contributed by atoms with Gasteiger partial charge < -0.3 is 28.4 Å². The average molecular weight is 677 g/mol. The lowest BCUT2D eigenvalue weighted by Crippen LogP contribution is -2.28. The molecule has 3 aromatic rings. The van der Waals surface area contributed by atoms with Crippen LogP contribution in [0.5, 0.6) is 34.5 Å². The largest absolute Gasteiger partial charge is 0.524 e. The minimum Gasteiger partial charge on any atom is -0.494 e. The zero-order valence-corrected chi connectivity index (χ0v) is 27.7. The molecule has 3 aromatic carbocycles. The second-order valence-corrected chi connectivity index (χ2v) is 13.2. The number of ether oxygens (including phenoxy) is 6. The molecular formula is C31H39F3O9S2. The van der Waals surface area contributed by atoms with E-state index in [-0.39, 0.29) is 88.8 Å². The first-order chi connectivity index (χ1) is 21.4. The second kappa shape index (κ2) is 15.7. The molecule has 0 N–H and O–H groups in total. The highest BCUT2D eigenvalue weighted by atomic mass is 32.3. The van der Waals surface area contributed by atoms with Crippen LogP contribution in [-0.2, 0) is 13.7 Å². The van der Waals surface area contributed by atoms with Crippen molar-refractivity contribution in [2.45, 2.75) is 61.7 Å². The van der Waals surface area contributed by atoms with E-state index in [0.717, 1.165) is 0 Å². The fourth-order valence-corrected chi connectivity index (χ4v) is 9.52. The van der Waals surface area contributed by atoms with Gasteiger partial charge in [0.15, 0.2) is 0 Å².